The Morgan fingerprint density at radius 1 is 1.20 bits per heavy atom. The summed E-state index contributed by atoms with van der Waals surface area (Å²) in [6.07, 6.45) is 0.846. The van der Waals surface area contributed by atoms with Gasteiger partial charge in [0.2, 0.25) is 0 Å². The summed E-state index contributed by atoms with van der Waals surface area (Å²) < 4.78 is 31.4. The van der Waals surface area contributed by atoms with E-state index in [1.54, 1.807) is 0 Å². The Labute approximate surface area is 90.4 Å². The summed E-state index contributed by atoms with van der Waals surface area (Å²) in [5, 5.41) is 9.04. The minimum atomic E-state index is -4.14. The van der Waals surface area contributed by atoms with Crippen LogP contribution in [0, 0.1) is 17.3 Å². The quantitative estimate of drug-likeness (QED) is 0.665. The zero-order valence-electron chi connectivity index (χ0n) is 9.27. The highest BCUT2D eigenvalue weighted by Gasteiger charge is 2.65. The van der Waals surface area contributed by atoms with Gasteiger partial charge in [0.25, 0.3) is 10.1 Å². The monoisotopic (exact) mass is 234 g/mol. The molecule has 0 aromatic rings. The van der Waals surface area contributed by atoms with Crippen LogP contribution < -0.4 is 0 Å². The number of fused-ring (bicyclic) bond motifs is 1. The molecule has 0 amide bonds. The van der Waals surface area contributed by atoms with Gasteiger partial charge in [0, 0.05) is 0 Å². The van der Waals surface area contributed by atoms with Gasteiger partial charge in [-0.25, -0.2) is 0 Å². The molecular weight excluding hydrogens is 216 g/mol. The van der Waals surface area contributed by atoms with Crippen molar-refractivity contribution in [3.8, 4) is 0 Å². The molecule has 4 nitrogen and oxygen atoms in total. The summed E-state index contributed by atoms with van der Waals surface area (Å²) >= 11 is 0. The van der Waals surface area contributed by atoms with Gasteiger partial charge in [-0.3, -0.25) is 4.55 Å². The largest absolute Gasteiger partial charge is 0.389 e. The topological polar surface area (TPSA) is 74.6 Å². The molecule has 2 saturated carbocycles. The van der Waals surface area contributed by atoms with E-state index in [4.69, 9.17) is 4.55 Å². The van der Waals surface area contributed by atoms with Gasteiger partial charge in [0.15, 0.2) is 0 Å². The van der Waals surface area contributed by atoms with Crippen LogP contribution in [0.15, 0.2) is 0 Å². The molecule has 2 N–H and O–H groups in total. The van der Waals surface area contributed by atoms with Crippen molar-refractivity contribution in [3.63, 3.8) is 0 Å². The van der Waals surface area contributed by atoms with Crippen LogP contribution in [0.25, 0.3) is 0 Å². The molecule has 2 aliphatic carbocycles. The van der Waals surface area contributed by atoms with Crippen molar-refractivity contribution in [2.24, 2.45) is 17.3 Å². The van der Waals surface area contributed by atoms with E-state index in [2.05, 4.69) is 13.8 Å². The molecule has 0 aliphatic heterocycles. The van der Waals surface area contributed by atoms with Crippen LogP contribution in [0.2, 0.25) is 0 Å². The predicted octanol–water partition coefficient (Wildman–Crippen LogP) is 1.06. The third kappa shape index (κ3) is 1.61. The molecule has 0 saturated heterocycles. The molecule has 0 bridgehead atoms. The van der Waals surface area contributed by atoms with Crippen LogP contribution in [-0.4, -0.2) is 28.9 Å². The Kier molecular flexibility index (Phi) is 2.09. The second-order valence-corrected chi connectivity index (χ2v) is 7.43. The van der Waals surface area contributed by atoms with Crippen molar-refractivity contribution in [3.05, 3.63) is 0 Å². The Morgan fingerprint density at radius 2 is 1.73 bits per heavy atom. The fourth-order valence-electron chi connectivity index (χ4n) is 3.23. The van der Waals surface area contributed by atoms with Gasteiger partial charge in [-0.2, -0.15) is 8.42 Å². The maximum Gasteiger partial charge on any atom is 0.270 e. The van der Waals surface area contributed by atoms with Gasteiger partial charge in [-0.05, 0) is 37.0 Å². The standard InChI is InChI=1S/C10H18O4S/c1-9(2)6-4-8(15(12,13)14)10(3,11)5-7(6)9/h6-8,11H,4-5H2,1-3H3,(H,12,13,14)/t6-,7+,8-,10-/m1/s1. The van der Waals surface area contributed by atoms with E-state index in [-0.39, 0.29) is 5.41 Å². The molecule has 2 rings (SSSR count). The highest BCUT2D eigenvalue weighted by atomic mass is 32.2. The molecule has 0 radical (unpaired) electrons. The van der Waals surface area contributed by atoms with Crippen molar-refractivity contribution in [2.45, 2.75) is 44.5 Å². The summed E-state index contributed by atoms with van der Waals surface area (Å²) in [6, 6.07) is 0. The predicted molar refractivity (Wildman–Crippen MR) is 56.0 cm³/mol. The number of aliphatic hydroxyl groups is 1. The van der Waals surface area contributed by atoms with Crippen LogP contribution in [-0.2, 0) is 10.1 Å². The van der Waals surface area contributed by atoms with Gasteiger partial charge in [0.1, 0.15) is 5.25 Å². The lowest BCUT2D eigenvalue weighted by molar-refractivity contribution is 0.0195. The Morgan fingerprint density at radius 3 is 2.20 bits per heavy atom. The summed E-state index contributed by atoms with van der Waals surface area (Å²) in [7, 11) is -4.14. The van der Waals surface area contributed by atoms with Gasteiger partial charge >= 0.3 is 0 Å². The van der Waals surface area contributed by atoms with Crippen LogP contribution in [0.4, 0.5) is 0 Å². The molecule has 88 valence electrons. The summed E-state index contributed by atoms with van der Waals surface area (Å²) in [5.74, 6) is 0.718. The third-order valence-corrected chi connectivity index (χ3v) is 5.86. The first kappa shape index (κ1) is 11.4. The van der Waals surface area contributed by atoms with Crippen LogP contribution >= 0.6 is 0 Å². The fraction of sp³-hybridized carbons (Fsp3) is 1.00. The van der Waals surface area contributed by atoms with Crippen LogP contribution in [0.1, 0.15) is 33.6 Å². The van der Waals surface area contributed by atoms with E-state index in [1.807, 2.05) is 0 Å². The zero-order valence-corrected chi connectivity index (χ0v) is 10.1. The molecular formula is C10H18O4S. The molecule has 2 aliphatic rings. The Bertz CT molecular complexity index is 382. The molecule has 0 spiro atoms. The number of hydrogen-bond acceptors (Lipinski definition) is 3. The Hall–Kier alpha value is -0.130. The van der Waals surface area contributed by atoms with Gasteiger partial charge in [-0.1, -0.05) is 13.8 Å². The lowest BCUT2D eigenvalue weighted by atomic mass is 9.86. The minimum absolute atomic E-state index is 0.115. The number of rotatable bonds is 1. The smallest absolute Gasteiger partial charge is 0.270 e. The first-order valence-electron chi connectivity index (χ1n) is 5.25. The Balaban J connectivity index is 2.29. The minimum Gasteiger partial charge on any atom is -0.389 e. The summed E-state index contributed by atoms with van der Waals surface area (Å²) in [5.41, 5.74) is -1.17. The molecule has 0 aromatic heterocycles. The lowest BCUT2D eigenvalue weighted by Crippen LogP contribution is -2.47. The third-order valence-electron chi connectivity index (χ3n) is 4.44. The molecule has 2 fully saturated rings. The van der Waals surface area contributed by atoms with E-state index in [9.17, 15) is 13.5 Å². The number of hydrogen-bond donors (Lipinski definition) is 2. The van der Waals surface area contributed by atoms with Crippen molar-refractivity contribution < 1.29 is 18.1 Å². The van der Waals surface area contributed by atoms with Crippen molar-refractivity contribution >= 4 is 10.1 Å². The van der Waals surface area contributed by atoms with E-state index >= 15 is 0 Å². The average molecular weight is 234 g/mol. The molecule has 5 heteroatoms. The van der Waals surface area contributed by atoms with Gasteiger partial charge in [0.05, 0.1) is 5.60 Å². The van der Waals surface area contributed by atoms with E-state index < -0.39 is 21.0 Å². The van der Waals surface area contributed by atoms with Crippen LogP contribution in [0.5, 0.6) is 0 Å². The highest BCUT2D eigenvalue weighted by molar-refractivity contribution is 7.86. The second-order valence-electron chi connectivity index (χ2n) is 5.83. The summed E-state index contributed by atoms with van der Waals surface area (Å²) in [6.45, 7) is 5.69. The van der Waals surface area contributed by atoms with Gasteiger partial charge in [-0.15, -0.1) is 0 Å². The SMILES string of the molecule is CC1(C)[C@@H]2C[C@@H](S(=O)(=O)O)[C@](C)(O)C[C@@H]21. The molecule has 0 unspecified atom stereocenters. The van der Waals surface area contributed by atoms with E-state index in [0.29, 0.717) is 24.7 Å². The second kappa shape index (κ2) is 2.76. The molecule has 4 atom stereocenters. The van der Waals surface area contributed by atoms with Gasteiger partial charge < -0.3 is 5.11 Å². The zero-order chi connectivity index (χ0) is 11.6. The average Bonchev–Trinajstić information content (AvgIpc) is 2.47. The first-order valence-corrected chi connectivity index (χ1v) is 6.76. The summed E-state index contributed by atoms with van der Waals surface area (Å²) in [4.78, 5) is 0. The molecule has 0 heterocycles. The maximum atomic E-state index is 11.2. The molecule has 0 aromatic carbocycles. The lowest BCUT2D eigenvalue weighted by Gasteiger charge is -2.34. The van der Waals surface area contributed by atoms with Crippen molar-refractivity contribution in [1.29, 1.82) is 0 Å². The van der Waals surface area contributed by atoms with E-state index in [0.717, 1.165) is 0 Å². The van der Waals surface area contributed by atoms with Crippen molar-refractivity contribution in [1.82, 2.24) is 0 Å². The first-order chi connectivity index (χ1) is 6.57. The van der Waals surface area contributed by atoms with Crippen LogP contribution in [0.3, 0.4) is 0 Å². The van der Waals surface area contributed by atoms with E-state index in [1.165, 1.54) is 6.92 Å². The normalized spacial score (nSPS) is 48.5. The highest BCUT2D eigenvalue weighted by Crippen LogP contribution is 2.66. The van der Waals surface area contributed by atoms with Crippen molar-refractivity contribution in [2.75, 3.05) is 0 Å². The molecule has 15 heavy (non-hydrogen) atoms. The maximum absolute atomic E-state index is 11.2. The fourth-order valence-corrected chi connectivity index (χ4v) is 4.42.